The molecule has 8 heteroatoms. The molecule has 2 heterocycles. The fourth-order valence-corrected chi connectivity index (χ4v) is 4.44. The van der Waals surface area contributed by atoms with Crippen molar-refractivity contribution >= 4 is 17.7 Å². The summed E-state index contributed by atoms with van der Waals surface area (Å²) in [5, 5.41) is 5.65. The smallest absolute Gasteiger partial charge is 0.255 e. The topological polar surface area (TPSA) is 105 Å². The standard InChI is InChI=1S/C20H25FN4O3/c21-20(11-22)6-13(7-20)9-23-8-12-1-2-15-14(5-12)10-25(19(15)28)16-3-4-17(26)24-18(16)27/h1-2,5,13,16,23H,3-4,6-11,22H2,(H,24,26,27). The monoisotopic (exact) mass is 388 g/mol. The van der Waals surface area contributed by atoms with Crippen molar-refractivity contribution in [3.8, 4) is 0 Å². The highest BCUT2D eigenvalue weighted by Crippen LogP contribution is 2.40. The van der Waals surface area contributed by atoms with Crippen molar-refractivity contribution in [2.45, 2.75) is 50.5 Å². The fraction of sp³-hybridized carbons (Fsp3) is 0.550. The molecule has 150 valence electrons. The molecule has 3 amide bonds. The van der Waals surface area contributed by atoms with Crippen molar-refractivity contribution in [1.82, 2.24) is 15.5 Å². The van der Waals surface area contributed by atoms with Crippen LogP contribution in [0.15, 0.2) is 18.2 Å². The molecular formula is C20H25FN4O3. The Morgan fingerprint density at radius 2 is 2.07 bits per heavy atom. The van der Waals surface area contributed by atoms with E-state index >= 15 is 0 Å². The van der Waals surface area contributed by atoms with Gasteiger partial charge in [0.15, 0.2) is 0 Å². The minimum atomic E-state index is -1.18. The van der Waals surface area contributed by atoms with Gasteiger partial charge in [0.05, 0.1) is 0 Å². The van der Waals surface area contributed by atoms with E-state index in [4.69, 9.17) is 5.73 Å². The van der Waals surface area contributed by atoms with E-state index in [1.54, 1.807) is 11.0 Å². The number of imide groups is 1. The van der Waals surface area contributed by atoms with Gasteiger partial charge in [-0.15, -0.1) is 0 Å². The Kier molecular flexibility index (Phi) is 4.93. The molecule has 1 atom stereocenters. The van der Waals surface area contributed by atoms with Gasteiger partial charge >= 0.3 is 0 Å². The van der Waals surface area contributed by atoms with Gasteiger partial charge in [-0.3, -0.25) is 19.7 Å². The minimum absolute atomic E-state index is 0.0893. The van der Waals surface area contributed by atoms with E-state index in [9.17, 15) is 18.8 Å². The third-order valence-electron chi connectivity index (χ3n) is 6.02. The number of carbonyl (C=O) groups excluding carboxylic acids is 3. The van der Waals surface area contributed by atoms with Crippen LogP contribution in [-0.4, -0.2) is 47.4 Å². The second kappa shape index (κ2) is 7.25. The fourth-order valence-electron chi connectivity index (χ4n) is 4.44. The number of alkyl halides is 1. The van der Waals surface area contributed by atoms with Crippen molar-refractivity contribution in [3.05, 3.63) is 34.9 Å². The number of benzene rings is 1. The van der Waals surface area contributed by atoms with Crippen LogP contribution in [0.3, 0.4) is 0 Å². The summed E-state index contributed by atoms with van der Waals surface area (Å²) in [6.07, 6.45) is 1.63. The number of carbonyl (C=O) groups is 3. The normalized spacial score (nSPS) is 29.5. The van der Waals surface area contributed by atoms with Crippen LogP contribution in [-0.2, 0) is 22.7 Å². The first-order chi connectivity index (χ1) is 13.4. The number of nitrogens with one attached hydrogen (secondary N) is 2. The Morgan fingerprint density at radius 3 is 2.79 bits per heavy atom. The van der Waals surface area contributed by atoms with Crippen LogP contribution in [0.4, 0.5) is 4.39 Å². The minimum Gasteiger partial charge on any atom is -0.328 e. The molecule has 1 aromatic rings. The van der Waals surface area contributed by atoms with Crippen molar-refractivity contribution in [3.63, 3.8) is 0 Å². The SMILES string of the molecule is NCC1(F)CC(CNCc2ccc3c(c2)CN(C2CCC(=O)NC2=O)C3=O)C1. The van der Waals surface area contributed by atoms with Gasteiger partial charge in [-0.2, -0.15) is 0 Å². The molecule has 0 spiro atoms. The summed E-state index contributed by atoms with van der Waals surface area (Å²) < 4.78 is 13.8. The third-order valence-corrected chi connectivity index (χ3v) is 6.02. The number of amides is 3. The van der Waals surface area contributed by atoms with Crippen molar-refractivity contribution in [2.75, 3.05) is 13.1 Å². The summed E-state index contributed by atoms with van der Waals surface area (Å²) in [7, 11) is 0. The largest absolute Gasteiger partial charge is 0.328 e. The molecule has 1 aromatic carbocycles. The van der Waals surface area contributed by atoms with Gasteiger partial charge in [-0.1, -0.05) is 12.1 Å². The van der Waals surface area contributed by atoms with Gasteiger partial charge < -0.3 is 16.0 Å². The molecule has 2 fully saturated rings. The van der Waals surface area contributed by atoms with E-state index in [1.807, 2.05) is 12.1 Å². The molecule has 0 radical (unpaired) electrons. The molecule has 4 N–H and O–H groups in total. The summed E-state index contributed by atoms with van der Waals surface area (Å²) in [4.78, 5) is 37.6. The average molecular weight is 388 g/mol. The van der Waals surface area contributed by atoms with E-state index < -0.39 is 17.6 Å². The predicted octanol–water partition coefficient (Wildman–Crippen LogP) is 0.614. The van der Waals surface area contributed by atoms with Gasteiger partial charge in [0, 0.05) is 31.6 Å². The Morgan fingerprint density at radius 1 is 1.29 bits per heavy atom. The second-order valence-electron chi connectivity index (χ2n) is 8.15. The summed E-state index contributed by atoms with van der Waals surface area (Å²) in [6.45, 7) is 1.84. The molecule has 1 saturated carbocycles. The highest BCUT2D eigenvalue weighted by Gasteiger charge is 2.43. The summed E-state index contributed by atoms with van der Waals surface area (Å²) in [5.41, 5.74) is 6.79. The zero-order valence-corrected chi connectivity index (χ0v) is 15.7. The maximum atomic E-state index is 13.8. The first kappa shape index (κ1) is 19.0. The van der Waals surface area contributed by atoms with Crippen LogP contribution in [0, 0.1) is 5.92 Å². The number of hydrogen-bond acceptors (Lipinski definition) is 5. The van der Waals surface area contributed by atoms with Crippen LogP contribution in [0.1, 0.15) is 47.2 Å². The molecule has 1 unspecified atom stereocenters. The molecule has 2 aliphatic heterocycles. The molecular weight excluding hydrogens is 363 g/mol. The molecule has 1 saturated heterocycles. The first-order valence-electron chi connectivity index (χ1n) is 9.75. The molecule has 1 aliphatic carbocycles. The summed E-state index contributed by atoms with van der Waals surface area (Å²) in [6, 6.07) is 5.08. The van der Waals surface area contributed by atoms with Crippen LogP contribution < -0.4 is 16.4 Å². The van der Waals surface area contributed by atoms with E-state index in [-0.39, 0.29) is 24.8 Å². The lowest BCUT2D eigenvalue weighted by atomic mass is 9.72. The van der Waals surface area contributed by atoms with Crippen molar-refractivity contribution in [1.29, 1.82) is 0 Å². The highest BCUT2D eigenvalue weighted by atomic mass is 19.1. The van der Waals surface area contributed by atoms with Crippen LogP contribution in [0.5, 0.6) is 0 Å². The van der Waals surface area contributed by atoms with E-state index in [2.05, 4.69) is 10.6 Å². The summed E-state index contributed by atoms with van der Waals surface area (Å²) in [5.74, 6) is -0.546. The Bertz CT molecular complexity index is 822. The zero-order chi connectivity index (χ0) is 19.9. The lowest BCUT2D eigenvalue weighted by Crippen LogP contribution is -2.52. The average Bonchev–Trinajstić information content (AvgIpc) is 2.96. The molecule has 7 nitrogen and oxygen atoms in total. The van der Waals surface area contributed by atoms with Gasteiger partial charge in [0.25, 0.3) is 5.91 Å². The molecule has 3 aliphatic rings. The lowest BCUT2D eigenvalue weighted by molar-refractivity contribution is -0.136. The number of rotatable bonds is 6. The number of halogens is 1. The van der Waals surface area contributed by atoms with Gasteiger partial charge in [0.1, 0.15) is 11.7 Å². The van der Waals surface area contributed by atoms with Crippen molar-refractivity contribution < 1.29 is 18.8 Å². The van der Waals surface area contributed by atoms with Crippen LogP contribution >= 0.6 is 0 Å². The number of fused-ring (bicyclic) bond motifs is 1. The van der Waals surface area contributed by atoms with Gasteiger partial charge in [-0.25, -0.2) is 4.39 Å². The Labute approximate surface area is 162 Å². The molecule has 4 rings (SSSR count). The Balaban J connectivity index is 1.34. The first-order valence-corrected chi connectivity index (χ1v) is 9.75. The summed E-state index contributed by atoms with van der Waals surface area (Å²) >= 11 is 0. The number of nitrogens with two attached hydrogens (primary N) is 1. The predicted molar refractivity (Wildman–Crippen MR) is 99.8 cm³/mol. The lowest BCUT2D eigenvalue weighted by Gasteiger charge is -2.40. The highest BCUT2D eigenvalue weighted by molar-refractivity contribution is 6.05. The van der Waals surface area contributed by atoms with E-state index in [0.717, 1.165) is 17.7 Å². The molecule has 0 aromatic heterocycles. The van der Waals surface area contributed by atoms with Crippen molar-refractivity contribution in [2.24, 2.45) is 11.7 Å². The number of nitrogens with zero attached hydrogens (tertiary/aromatic N) is 1. The van der Waals surface area contributed by atoms with Gasteiger partial charge in [0.2, 0.25) is 11.8 Å². The molecule has 0 bridgehead atoms. The zero-order valence-electron chi connectivity index (χ0n) is 15.7. The number of hydrogen-bond donors (Lipinski definition) is 3. The van der Waals surface area contributed by atoms with Crippen LogP contribution in [0.25, 0.3) is 0 Å². The molecule has 28 heavy (non-hydrogen) atoms. The van der Waals surface area contributed by atoms with E-state index in [1.165, 1.54) is 0 Å². The second-order valence-corrected chi connectivity index (χ2v) is 8.15. The van der Waals surface area contributed by atoms with Gasteiger partial charge in [-0.05, 0) is 48.9 Å². The third kappa shape index (κ3) is 3.54. The number of piperidine rings is 1. The van der Waals surface area contributed by atoms with E-state index in [0.29, 0.717) is 43.8 Å². The van der Waals surface area contributed by atoms with Crippen LogP contribution in [0.2, 0.25) is 0 Å². The Hall–Kier alpha value is -2.32. The maximum absolute atomic E-state index is 13.8. The quantitative estimate of drug-likeness (QED) is 0.620. The maximum Gasteiger partial charge on any atom is 0.255 e.